The Labute approximate surface area is 191 Å². The van der Waals surface area contributed by atoms with Crippen LogP contribution in [0, 0.1) is 5.92 Å². The fraction of sp³-hybridized carbons (Fsp3) is 0.231. The van der Waals surface area contributed by atoms with Crippen molar-refractivity contribution in [1.82, 2.24) is 15.0 Å². The number of benzene rings is 2. The first-order valence-electron chi connectivity index (χ1n) is 10.9. The van der Waals surface area contributed by atoms with Gasteiger partial charge in [-0.1, -0.05) is 67.3 Å². The second-order valence-electron chi connectivity index (χ2n) is 8.25. The van der Waals surface area contributed by atoms with Crippen molar-refractivity contribution < 1.29 is 4.79 Å². The Morgan fingerprint density at radius 1 is 0.906 bits per heavy atom. The van der Waals surface area contributed by atoms with Crippen molar-refractivity contribution in [2.75, 3.05) is 5.73 Å². The van der Waals surface area contributed by atoms with Crippen LogP contribution >= 0.6 is 11.6 Å². The molecule has 1 aliphatic rings. The Morgan fingerprint density at radius 2 is 1.66 bits per heavy atom. The Morgan fingerprint density at radius 3 is 2.44 bits per heavy atom. The molecule has 0 spiro atoms. The highest BCUT2D eigenvalue weighted by molar-refractivity contribution is 6.35. The largest absolute Gasteiger partial charge is 0.382 e. The summed E-state index contributed by atoms with van der Waals surface area (Å²) in [5.41, 5.74) is 10.2. The van der Waals surface area contributed by atoms with Gasteiger partial charge >= 0.3 is 0 Å². The minimum absolute atomic E-state index is 0.0101. The summed E-state index contributed by atoms with van der Waals surface area (Å²) < 4.78 is 0. The van der Waals surface area contributed by atoms with Gasteiger partial charge in [0.15, 0.2) is 11.6 Å². The van der Waals surface area contributed by atoms with E-state index >= 15 is 0 Å². The lowest BCUT2D eigenvalue weighted by Gasteiger charge is -2.21. The Kier molecular flexibility index (Phi) is 5.58. The van der Waals surface area contributed by atoms with Crippen molar-refractivity contribution >= 4 is 34.1 Å². The highest BCUT2D eigenvalue weighted by Crippen LogP contribution is 2.36. The monoisotopic (exact) mass is 442 g/mol. The number of nitrogens with two attached hydrogens (primary N) is 1. The maximum atomic E-state index is 13.3. The third kappa shape index (κ3) is 3.84. The van der Waals surface area contributed by atoms with E-state index in [1.807, 2.05) is 54.6 Å². The molecule has 1 aliphatic carbocycles. The van der Waals surface area contributed by atoms with Gasteiger partial charge < -0.3 is 5.73 Å². The van der Waals surface area contributed by atoms with E-state index in [0.717, 1.165) is 47.7 Å². The first-order valence-corrected chi connectivity index (χ1v) is 11.3. The molecule has 1 fully saturated rings. The number of halogens is 1. The first kappa shape index (κ1) is 20.6. The molecule has 4 aromatic rings. The van der Waals surface area contributed by atoms with Gasteiger partial charge in [0.2, 0.25) is 0 Å². The van der Waals surface area contributed by atoms with Gasteiger partial charge in [0.05, 0.1) is 21.9 Å². The number of nitrogen functional groups attached to an aromatic ring is 1. The lowest BCUT2D eigenvalue weighted by atomic mass is 9.85. The Hall–Kier alpha value is -3.31. The van der Waals surface area contributed by atoms with E-state index in [-0.39, 0.29) is 23.2 Å². The van der Waals surface area contributed by atoms with Crippen LogP contribution < -0.4 is 5.73 Å². The molecule has 0 saturated heterocycles. The van der Waals surface area contributed by atoms with Crippen molar-refractivity contribution in [3.8, 4) is 22.5 Å². The third-order valence-electron chi connectivity index (χ3n) is 6.11. The SMILES string of the molecule is Nc1nc(-c2ccccc2)c(-c2cc(Cl)c3ncccc3c2)nc1C(=O)C1CCCCC1. The van der Waals surface area contributed by atoms with E-state index in [9.17, 15) is 4.79 Å². The number of aromatic nitrogens is 3. The average molecular weight is 443 g/mol. The van der Waals surface area contributed by atoms with E-state index in [1.54, 1.807) is 6.20 Å². The Balaban J connectivity index is 1.71. The van der Waals surface area contributed by atoms with E-state index in [2.05, 4.69) is 9.97 Å². The summed E-state index contributed by atoms with van der Waals surface area (Å²) in [6.45, 7) is 0. The van der Waals surface area contributed by atoms with Crippen LogP contribution in [0.4, 0.5) is 5.82 Å². The van der Waals surface area contributed by atoms with Gasteiger partial charge in [-0.05, 0) is 31.0 Å². The zero-order valence-electron chi connectivity index (χ0n) is 17.6. The predicted octanol–water partition coefficient (Wildman–Crippen LogP) is 6.36. The maximum Gasteiger partial charge on any atom is 0.188 e. The van der Waals surface area contributed by atoms with Crippen molar-refractivity contribution in [3.05, 3.63) is 71.5 Å². The normalized spacial score (nSPS) is 14.5. The summed E-state index contributed by atoms with van der Waals surface area (Å²) in [6, 6.07) is 17.4. The summed E-state index contributed by atoms with van der Waals surface area (Å²) in [4.78, 5) is 27.2. The van der Waals surface area contributed by atoms with Crippen molar-refractivity contribution in [3.63, 3.8) is 0 Å². The maximum absolute atomic E-state index is 13.3. The van der Waals surface area contributed by atoms with E-state index in [1.165, 1.54) is 6.42 Å². The molecule has 160 valence electrons. The van der Waals surface area contributed by atoms with E-state index in [4.69, 9.17) is 22.3 Å². The minimum atomic E-state index is -0.0415. The average Bonchev–Trinajstić information content (AvgIpc) is 2.84. The zero-order chi connectivity index (χ0) is 22.1. The topological polar surface area (TPSA) is 81.8 Å². The molecule has 2 N–H and O–H groups in total. The third-order valence-corrected chi connectivity index (χ3v) is 6.40. The molecule has 2 heterocycles. The molecule has 2 aromatic carbocycles. The number of fused-ring (bicyclic) bond motifs is 1. The molecule has 0 amide bonds. The van der Waals surface area contributed by atoms with Crippen LogP contribution in [0.25, 0.3) is 33.4 Å². The summed E-state index contributed by atoms with van der Waals surface area (Å²) >= 11 is 6.56. The van der Waals surface area contributed by atoms with Gasteiger partial charge in [-0.25, -0.2) is 9.97 Å². The smallest absolute Gasteiger partial charge is 0.188 e. The number of nitrogens with zero attached hydrogens (tertiary/aromatic N) is 3. The molecule has 2 aromatic heterocycles. The minimum Gasteiger partial charge on any atom is -0.382 e. The molecule has 32 heavy (non-hydrogen) atoms. The van der Waals surface area contributed by atoms with Crippen LogP contribution in [0.2, 0.25) is 5.02 Å². The molecule has 1 saturated carbocycles. The molecule has 0 bridgehead atoms. The van der Waals surface area contributed by atoms with Gasteiger partial charge in [-0.15, -0.1) is 0 Å². The van der Waals surface area contributed by atoms with Crippen LogP contribution in [0.5, 0.6) is 0 Å². The molecule has 5 nitrogen and oxygen atoms in total. The number of hydrogen-bond donors (Lipinski definition) is 1. The zero-order valence-corrected chi connectivity index (χ0v) is 18.3. The quantitative estimate of drug-likeness (QED) is 0.372. The van der Waals surface area contributed by atoms with Gasteiger partial charge in [-0.2, -0.15) is 0 Å². The molecule has 6 heteroatoms. The van der Waals surface area contributed by atoms with Crippen LogP contribution in [-0.4, -0.2) is 20.7 Å². The van der Waals surface area contributed by atoms with Crippen molar-refractivity contribution in [2.24, 2.45) is 5.92 Å². The van der Waals surface area contributed by atoms with Crippen molar-refractivity contribution in [2.45, 2.75) is 32.1 Å². The fourth-order valence-electron chi connectivity index (χ4n) is 4.47. The predicted molar refractivity (Wildman–Crippen MR) is 129 cm³/mol. The standard InChI is InChI=1S/C26H23ClN4O/c27-20-15-19(14-18-12-7-13-29-21(18)20)23-22(16-8-3-1-4-9-16)31-26(28)24(30-23)25(32)17-10-5-2-6-11-17/h1,3-4,7-9,12-15,17H,2,5-6,10-11H2,(H2,28,31). The molecule has 5 rings (SSSR count). The summed E-state index contributed by atoms with van der Waals surface area (Å²) in [5.74, 6) is 0.126. The number of hydrogen-bond acceptors (Lipinski definition) is 5. The molecule has 0 atom stereocenters. The highest BCUT2D eigenvalue weighted by Gasteiger charge is 2.27. The van der Waals surface area contributed by atoms with Crippen molar-refractivity contribution in [1.29, 1.82) is 0 Å². The van der Waals surface area contributed by atoms with Gasteiger partial charge in [0.1, 0.15) is 5.69 Å². The molecule has 0 unspecified atom stereocenters. The van der Waals surface area contributed by atoms with Gasteiger partial charge in [0, 0.05) is 28.6 Å². The van der Waals surface area contributed by atoms with Crippen LogP contribution in [0.1, 0.15) is 42.6 Å². The lowest BCUT2D eigenvalue weighted by molar-refractivity contribution is 0.0885. The number of pyridine rings is 1. The summed E-state index contributed by atoms with van der Waals surface area (Å²) in [7, 11) is 0. The van der Waals surface area contributed by atoms with E-state index in [0.29, 0.717) is 16.4 Å². The highest BCUT2D eigenvalue weighted by atomic mass is 35.5. The number of Topliss-reactive ketones (excluding diaryl/α,β-unsaturated/α-hetero) is 1. The second kappa shape index (κ2) is 8.67. The second-order valence-corrected chi connectivity index (χ2v) is 8.66. The number of rotatable bonds is 4. The number of ketones is 1. The van der Waals surface area contributed by atoms with Gasteiger partial charge in [-0.3, -0.25) is 9.78 Å². The number of carbonyl (C=O) groups is 1. The number of anilines is 1. The molecule has 0 aliphatic heterocycles. The Bertz CT molecular complexity index is 1300. The van der Waals surface area contributed by atoms with Crippen LogP contribution in [-0.2, 0) is 0 Å². The molecule has 0 radical (unpaired) electrons. The first-order chi connectivity index (χ1) is 15.6. The molecular formula is C26H23ClN4O. The lowest BCUT2D eigenvalue weighted by Crippen LogP contribution is -2.21. The van der Waals surface area contributed by atoms with E-state index < -0.39 is 0 Å². The van der Waals surface area contributed by atoms with Crippen LogP contribution in [0.15, 0.2) is 60.8 Å². The summed E-state index contributed by atoms with van der Waals surface area (Å²) in [6.07, 6.45) is 6.77. The molecular weight excluding hydrogens is 420 g/mol. The number of carbonyl (C=O) groups excluding carboxylic acids is 1. The van der Waals surface area contributed by atoms with Gasteiger partial charge in [0.25, 0.3) is 0 Å². The fourth-order valence-corrected chi connectivity index (χ4v) is 4.75. The van der Waals surface area contributed by atoms with Crippen LogP contribution in [0.3, 0.4) is 0 Å². The summed E-state index contributed by atoms with van der Waals surface area (Å²) in [5, 5.41) is 1.42.